The second-order valence-corrected chi connectivity index (χ2v) is 6.91. The molecule has 0 fully saturated rings. The van der Waals surface area contributed by atoms with Crippen molar-refractivity contribution < 1.29 is 17.9 Å². The van der Waals surface area contributed by atoms with E-state index in [4.69, 9.17) is 9.47 Å². The van der Waals surface area contributed by atoms with E-state index in [1.165, 1.54) is 20.3 Å². The van der Waals surface area contributed by atoms with Gasteiger partial charge in [-0.3, -0.25) is 0 Å². The molecule has 0 saturated heterocycles. The number of hydrogen-bond donors (Lipinski definition) is 1. The minimum absolute atomic E-state index is 0.0688. The van der Waals surface area contributed by atoms with Crippen LogP contribution in [0.3, 0.4) is 0 Å². The normalized spacial score (nSPS) is 12.7. The Labute approximate surface area is 137 Å². The largest absolute Gasteiger partial charge is 0.497 e. The number of hydrogen-bond acceptors (Lipinski definition) is 4. The van der Waals surface area contributed by atoms with E-state index in [1.54, 1.807) is 12.1 Å². The second-order valence-electron chi connectivity index (χ2n) is 5.23. The van der Waals surface area contributed by atoms with Crippen LogP contribution in [0.25, 0.3) is 0 Å². The maximum absolute atomic E-state index is 12.6. The van der Waals surface area contributed by atoms with Gasteiger partial charge in [-0.15, -0.1) is 0 Å². The third-order valence-electron chi connectivity index (χ3n) is 3.40. The predicted molar refractivity (Wildman–Crippen MR) is 89.5 cm³/mol. The fourth-order valence-electron chi connectivity index (χ4n) is 2.33. The molecule has 0 aliphatic carbocycles. The highest BCUT2D eigenvalue weighted by molar-refractivity contribution is 7.89. The summed E-state index contributed by atoms with van der Waals surface area (Å²) in [6.45, 7) is 1.83. The van der Waals surface area contributed by atoms with Gasteiger partial charge in [0.25, 0.3) is 0 Å². The minimum atomic E-state index is -3.71. The van der Waals surface area contributed by atoms with Crippen LogP contribution in [-0.4, -0.2) is 28.7 Å². The Hall–Kier alpha value is -2.05. The van der Waals surface area contributed by atoms with E-state index < -0.39 is 10.0 Å². The molecule has 2 aromatic rings. The predicted octanol–water partition coefficient (Wildman–Crippen LogP) is 2.61. The Morgan fingerprint density at radius 1 is 1.04 bits per heavy atom. The molecule has 1 N–H and O–H groups in total. The highest BCUT2D eigenvalue weighted by atomic mass is 32.2. The van der Waals surface area contributed by atoms with Crippen molar-refractivity contribution in [2.75, 3.05) is 14.2 Å². The van der Waals surface area contributed by atoms with Crippen LogP contribution in [0.5, 0.6) is 11.5 Å². The lowest BCUT2D eigenvalue weighted by molar-refractivity contribution is 0.391. The molecule has 23 heavy (non-hydrogen) atoms. The van der Waals surface area contributed by atoms with E-state index in [1.807, 2.05) is 37.3 Å². The molecule has 124 valence electrons. The van der Waals surface area contributed by atoms with Gasteiger partial charge in [0.15, 0.2) is 0 Å². The average molecular weight is 335 g/mol. The van der Waals surface area contributed by atoms with Crippen molar-refractivity contribution in [1.29, 1.82) is 0 Å². The summed E-state index contributed by atoms with van der Waals surface area (Å²) in [5, 5.41) is 0. The van der Waals surface area contributed by atoms with Crippen molar-refractivity contribution in [3.63, 3.8) is 0 Å². The molecule has 1 atom stereocenters. The van der Waals surface area contributed by atoms with E-state index >= 15 is 0 Å². The first kappa shape index (κ1) is 17.3. The Morgan fingerprint density at radius 3 is 2.35 bits per heavy atom. The summed E-state index contributed by atoms with van der Waals surface area (Å²) < 4.78 is 38.2. The first-order valence-electron chi connectivity index (χ1n) is 7.24. The van der Waals surface area contributed by atoms with Gasteiger partial charge in [0.2, 0.25) is 10.0 Å². The average Bonchev–Trinajstić information content (AvgIpc) is 2.54. The Bertz CT molecular complexity index is 744. The van der Waals surface area contributed by atoms with Gasteiger partial charge in [-0.2, -0.15) is 0 Å². The van der Waals surface area contributed by atoms with Crippen molar-refractivity contribution in [2.45, 2.75) is 24.3 Å². The van der Waals surface area contributed by atoms with E-state index in [2.05, 4.69) is 4.72 Å². The number of ether oxygens (including phenoxy) is 2. The quantitative estimate of drug-likeness (QED) is 0.845. The maximum Gasteiger partial charge on any atom is 0.244 e. The summed E-state index contributed by atoms with van der Waals surface area (Å²) in [6, 6.07) is 14.2. The smallest absolute Gasteiger partial charge is 0.244 e. The lowest BCUT2D eigenvalue weighted by Crippen LogP contribution is -2.34. The summed E-state index contributed by atoms with van der Waals surface area (Å²) in [5.41, 5.74) is 1.07. The molecule has 0 bridgehead atoms. The van der Waals surface area contributed by atoms with Crippen LogP contribution in [0.15, 0.2) is 53.4 Å². The topological polar surface area (TPSA) is 64.6 Å². The lowest BCUT2D eigenvalue weighted by atomic mass is 10.1. The molecular weight excluding hydrogens is 314 g/mol. The zero-order valence-corrected chi connectivity index (χ0v) is 14.3. The van der Waals surface area contributed by atoms with Crippen LogP contribution in [0.4, 0.5) is 0 Å². The number of nitrogens with one attached hydrogen (secondary N) is 1. The van der Waals surface area contributed by atoms with E-state index in [-0.39, 0.29) is 16.7 Å². The standard InChI is InChI=1S/C17H21NO4S/c1-13(11-14-7-5-4-6-8-14)18-23(19,20)17-12-15(21-2)9-10-16(17)22-3/h4-10,12-13,18H,11H2,1-3H3/t13-/m1/s1. The van der Waals surface area contributed by atoms with Crippen LogP contribution in [-0.2, 0) is 16.4 Å². The minimum Gasteiger partial charge on any atom is -0.497 e. The highest BCUT2D eigenvalue weighted by Crippen LogP contribution is 2.28. The van der Waals surface area contributed by atoms with E-state index in [0.29, 0.717) is 12.2 Å². The summed E-state index contributed by atoms with van der Waals surface area (Å²) in [4.78, 5) is 0.0688. The van der Waals surface area contributed by atoms with Crippen molar-refractivity contribution in [3.8, 4) is 11.5 Å². The molecule has 0 radical (unpaired) electrons. The first-order chi connectivity index (χ1) is 11.0. The summed E-state index contributed by atoms with van der Waals surface area (Å²) >= 11 is 0. The molecule has 2 rings (SSSR count). The van der Waals surface area contributed by atoms with Gasteiger partial charge >= 0.3 is 0 Å². The van der Waals surface area contributed by atoms with Crippen molar-refractivity contribution >= 4 is 10.0 Å². The van der Waals surface area contributed by atoms with Gasteiger partial charge in [0.1, 0.15) is 16.4 Å². The van der Waals surface area contributed by atoms with Gasteiger partial charge in [0, 0.05) is 12.1 Å². The molecule has 0 spiro atoms. The zero-order chi connectivity index (χ0) is 16.9. The molecule has 2 aromatic carbocycles. The van der Waals surface area contributed by atoms with Crippen molar-refractivity contribution in [1.82, 2.24) is 4.72 Å². The van der Waals surface area contributed by atoms with Gasteiger partial charge in [-0.25, -0.2) is 13.1 Å². The molecule has 0 heterocycles. The van der Waals surface area contributed by atoms with Crippen LogP contribution in [0.1, 0.15) is 12.5 Å². The van der Waals surface area contributed by atoms with Gasteiger partial charge in [-0.1, -0.05) is 30.3 Å². The number of benzene rings is 2. The number of rotatable bonds is 7. The van der Waals surface area contributed by atoms with Crippen LogP contribution < -0.4 is 14.2 Å². The highest BCUT2D eigenvalue weighted by Gasteiger charge is 2.22. The van der Waals surface area contributed by atoms with Gasteiger partial charge < -0.3 is 9.47 Å². The molecule has 0 aliphatic rings. The Morgan fingerprint density at radius 2 is 1.74 bits per heavy atom. The molecule has 6 heteroatoms. The molecule has 5 nitrogen and oxygen atoms in total. The summed E-state index contributed by atoms with van der Waals surface area (Å²) in [7, 11) is -0.781. The van der Waals surface area contributed by atoms with Crippen LogP contribution >= 0.6 is 0 Å². The van der Waals surface area contributed by atoms with Crippen LogP contribution in [0, 0.1) is 0 Å². The van der Waals surface area contributed by atoms with Gasteiger partial charge in [-0.05, 0) is 31.0 Å². The fraction of sp³-hybridized carbons (Fsp3) is 0.294. The molecule has 0 aliphatic heterocycles. The first-order valence-corrected chi connectivity index (χ1v) is 8.73. The number of sulfonamides is 1. The Balaban J connectivity index is 2.21. The van der Waals surface area contributed by atoms with E-state index in [9.17, 15) is 8.42 Å². The monoisotopic (exact) mass is 335 g/mol. The van der Waals surface area contributed by atoms with Gasteiger partial charge in [0.05, 0.1) is 14.2 Å². The summed E-state index contributed by atoms with van der Waals surface area (Å²) in [6.07, 6.45) is 0.604. The zero-order valence-electron chi connectivity index (χ0n) is 13.4. The van der Waals surface area contributed by atoms with E-state index in [0.717, 1.165) is 5.56 Å². The van der Waals surface area contributed by atoms with Crippen molar-refractivity contribution in [2.24, 2.45) is 0 Å². The lowest BCUT2D eigenvalue weighted by Gasteiger charge is -2.16. The molecule has 0 unspecified atom stereocenters. The Kier molecular flexibility index (Phi) is 5.63. The third-order valence-corrected chi connectivity index (χ3v) is 5.01. The fourth-order valence-corrected chi connectivity index (χ4v) is 3.76. The molecule has 0 saturated carbocycles. The molecule has 0 amide bonds. The molecular formula is C17H21NO4S. The molecule has 0 aromatic heterocycles. The second kappa shape index (κ2) is 7.48. The van der Waals surface area contributed by atoms with Crippen molar-refractivity contribution in [3.05, 3.63) is 54.1 Å². The van der Waals surface area contributed by atoms with Crippen LogP contribution in [0.2, 0.25) is 0 Å². The summed E-state index contributed by atoms with van der Waals surface area (Å²) in [5.74, 6) is 0.743. The maximum atomic E-state index is 12.6. The number of methoxy groups -OCH3 is 2. The third kappa shape index (κ3) is 4.46. The SMILES string of the molecule is COc1ccc(OC)c(S(=O)(=O)N[C@H](C)Cc2ccccc2)c1.